The van der Waals surface area contributed by atoms with Gasteiger partial charge in [-0.1, -0.05) is 0 Å². The first-order valence-corrected chi connectivity index (χ1v) is 6.92. The van der Waals surface area contributed by atoms with E-state index >= 15 is 0 Å². The van der Waals surface area contributed by atoms with Gasteiger partial charge in [-0.3, -0.25) is 4.90 Å². The average Bonchev–Trinajstić information content (AvgIpc) is 2.39. The predicted octanol–water partition coefficient (Wildman–Crippen LogP) is 0.0670. The number of rotatable bonds is 5. The third-order valence-corrected chi connectivity index (χ3v) is 3.55. The Balaban J connectivity index is 1.89. The average molecular weight is 278 g/mol. The molecule has 0 spiro atoms. The third-order valence-electron chi connectivity index (χ3n) is 3.55. The van der Waals surface area contributed by atoms with Crippen LogP contribution < -0.4 is 5.23 Å². The zero-order valence-electron chi connectivity index (χ0n) is 11.7. The molecule has 7 heteroatoms. The van der Waals surface area contributed by atoms with Gasteiger partial charge in [0, 0.05) is 17.5 Å². The molecule has 2 rings (SSSR count). The van der Waals surface area contributed by atoms with E-state index in [1.165, 1.54) is 0 Å². The highest BCUT2D eigenvalue weighted by Crippen LogP contribution is 2.19. The van der Waals surface area contributed by atoms with Gasteiger partial charge in [0.15, 0.2) is 0 Å². The number of carbonyl (C=O) groups is 1. The Hall–Kier alpha value is -1.60. The minimum atomic E-state index is -0.628. The monoisotopic (exact) mass is 278 g/mol. The summed E-state index contributed by atoms with van der Waals surface area (Å²) in [4.78, 5) is 17.4. The molecule has 1 saturated heterocycles. The van der Waals surface area contributed by atoms with Gasteiger partial charge in [-0.2, -0.15) is 0 Å². The van der Waals surface area contributed by atoms with E-state index in [2.05, 4.69) is 15.1 Å². The number of piperidine rings is 1. The zero-order valence-corrected chi connectivity index (χ0v) is 11.7. The van der Waals surface area contributed by atoms with Gasteiger partial charge in [-0.15, -0.1) is 0 Å². The smallest absolute Gasteiger partial charge is 0.519 e. The van der Waals surface area contributed by atoms with E-state index < -0.39 is 13.0 Å². The van der Waals surface area contributed by atoms with Gasteiger partial charge in [-0.05, 0) is 50.5 Å². The van der Waals surface area contributed by atoms with Gasteiger partial charge in [0.1, 0.15) is 11.7 Å². The maximum atomic E-state index is 11.0. The van der Waals surface area contributed by atoms with E-state index in [-0.39, 0.29) is 5.92 Å². The van der Waals surface area contributed by atoms with Gasteiger partial charge in [0.25, 0.3) is 0 Å². The van der Waals surface area contributed by atoms with Crippen LogP contribution in [0.15, 0.2) is 18.3 Å². The quantitative estimate of drug-likeness (QED) is 0.587. The first kappa shape index (κ1) is 14.8. The van der Waals surface area contributed by atoms with E-state index in [1.807, 2.05) is 12.1 Å². The standard InChI is InChI=1S/C13H20BN3O3/c1-14(20)16-12-8-10(2-5-15-12)9-17-6-3-11(4-7-17)13(18)19/h2,5,8,11,20H,3-4,6-7,9H2,1H3,(H,15,16)(H,18,19)/p+1. The number of carbonyl (C=O) groups excluding carboxylic acids is 1. The molecule has 6 nitrogen and oxygen atoms in total. The molecule has 0 saturated carbocycles. The fourth-order valence-corrected chi connectivity index (χ4v) is 2.48. The van der Waals surface area contributed by atoms with E-state index in [9.17, 15) is 9.82 Å². The fraction of sp³-hybridized carbons (Fsp3) is 0.538. The van der Waals surface area contributed by atoms with E-state index in [1.54, 1.807) is 13.0 Å². The van der Waals surface area contributed by atoms with Crippen LogP contribution in [0.5, 0.6) is 0 Å². The number of hydrogen-bond acceptors (Lipinski definition) is 5. The SMILES string of the molecule is CB(O)Nc1cc(CN2CCC(C(=O)[OH2+])CC2)ccn1. The number of likely N-dealkylation sites (tertiary alicyclic amines) is 1. The summed E-state index contributed by atoms with van der Waals surface area (Å²) in [5.41, 5.74) is 1.12. The zero-order chi connectivity index (χ0) is 14.5. The van der Waals surface area contributed by atoms with Gasteiger partial charge in [0.2, 0.25) is 0 Å². The Morgan fingerprint density at radius 1 is 1.60 bits per heavy atom. The predicted molar refractivity (Wildman–Crippen MR) is 78.3 cm³/mol. The van der Waals surface area contributed by atoms with Crippen molar-refractivity contribution in [2.24, 2.45) is 5.92 Å². The summed E-state index contributed by atoms with van der Waals surface area (Å²) in [5.74, 6) is 0.141. The molecule has 20 heavy (non-hydrogen) atoms. The first-order valence-electron chi connectivity index (χ1n) is 6.92. The van der Waals surface area contributed by atoms with Crippen molar-refractivity contribution >= 4 is 18.8 Å². The highest BCUT2D eigenvalue weighted by Gasteiger charge is 2.29. The Morgan fingerprint density at radius 2 is 2.30 bits per heavy atom. The number of nitrogens with zero attached hydrogens (tertiary/aromatic N) is 2. The van der Waals surface area contributed by atoms with E-state index in [0.29, 0.717) is 5.82 Å². The van der Waals surface area contributed by atoms with Gasteiger partial charge < -0.3 is 15.4 Å². The highest BCUT2D eigenvalue weighted by molar-refractivity contribution is 6.52. The molecule has 0 unspecified atom stereocenters. The van der Waals surface area contributed by atoms with Crippen LogP contribution in [-0.4, -0.2) is 46.1 Å². The van der Waals surface area contributed by atoms with Crippen molar-refractivity contribution in [1.82, 2.24) is 9.88 Å². The summed E-state index contributed by atoms with van der Waals surface area (Å²) in [6.45, 7) is 4.14. The first-order chi connectivity index (χ1) is 9.54. The van der Waals surface area contributed by atoms with Gasteiger partial charge in [-0.25, -0.2) is 4.98 Å². The number of nitrogens with one attached hydrogen (secondary N) is 1. The van der Waals surface area contributed by atoms with Crippen LogP contribution in [0, 0.1) is 5.92 Å². The lowest BCUT2D eigenvalue weighted by Crippen LogP contribution is -2.35. The van der Waals surface area contributed by atoms with Crippen LogP contribution in [-0.2, 0) is 11.3 Å². The second-order valence-corrected chi connectivity index (χ2v) is 5.28. The largest absolute Gasteiger partial charge is 0.565 e. The van der Waals surface area contributed by atoms with Crippen molar-refractivity contribution in [2.75, 3.05) is 18.3 Å². The summed E-state index contributed by atoms with van der Waals surface area (Å²) >= 11 is 0. The molecule has 1 aliphatic rings. The molecule has 1 aromatic rings. The normalized spacial score (nSPS) is 16.9. The van der Waals surface area contributed by atoms with Gasteiger partial charge in [0.05, 0.1) is 0 Å². The third kappa shape index (κ3) is 4.21. The highest BCUT2D eigenvalue weighted by atomic mass is 16.4. The fourth-order valence-electron chi connectivity index (χ4n) is 2.48. The van der Waals surface area contributed by atoms with Crippen LogP contribution in [0.4, 0.5) is 5.82 Å². The molecule has 4 N–H and O–H groups in total. The van der Waals surface area contributed by atoms with Crippen LogP contribution >= 0.6 is 0 Å². The van der Waals surface area contributed by atoms with Crippen LogP contribution in [0.25, 0.3) is 0 Å². The van der Waals surface area contributed by atoms with Crippen molar-refractivity contribution < 1.29 is 14.9 Å². The minimum Gasteiger partial charge on any atom is -0.565 e. The molecule has 2 heterocycles. The Kier molecular flexibility index (Phi) is 4.97. The van der Waals surface area contributed by atoms with Crippen molar-refractivity contribution in [3.8, 4) is 0 Å². The number of anilines is 1. The van der Waals surface area contributed by atoms with Crippen molar-refractivity contribution in [1.29, 1.82) is 0 Å². The molecule has 0 aliphatic carbocycles. The Morgan fingerprint density at radius 3 is 2.90 bits per heavy atom. The second kappa shape index (κ2) is 6.72. The number of hydrogen-bond donors (Lipinski definition) is 2. The summed E-state index contributed by atoms with van der Waals surface area (Å²) < 4.78 is 0. The molecule has 1 aliphatic heterocycles. The van der Waals surface area contributed by atoms with Crippen LogP contribution in [0.3, 0.4) is 0 Å². The van der Waals surface area contributed by atoms with Crippen LogP contribution in [0.1, 0.15) is 18.4 Å². The number of pyridine rings is 1. The van der Waals surface area contributed by atoms with E-state index in [4.69, 9.17) is 5.11 Å². The van der Waals surface area contributed by atoms with Crippen molar-refractivity contribution in [3.05, 3.63) is 23.9 Å². The summed E-state index contributed by atoms with van der Waals surface area (Å²) in [7, 11) is -0.628. The molecule has 108 valence electrons. The molecular formula is C13H21BN3O3+. The van der Waals surface area contributed by atoms with Crippen molar-refractivity contribution in [3.63, 3.8) is 0 Å². The Bertz CT molecular complexity index is 462. The summed E-state index contributed by atoms with van der Waals surface area (Å²) in [6, 6.07) is 3.88. The molecular weight excluding hydrogens is 257 g/mol. The lowest BCUT2D eigenvalue weighted by molar-refractivity contribution is -0.143. The summed E-state index contributed by atoms with van der Waals surface area (Å²) in [5, 5.41) is 19.3. The van der Waals surface area contributed by atoms with Crippen LogP contribution in [0.2, 0.25) is 6.82 Å². The maximum Gasteiger partial charge on any atom is 0.519 e. The molecule has 0 amide bonds. The number of aromatic nitrogens is 1. The molecule has 0 aromatic carbocycles. The van der Waals surface area contributed by atoms with E-state index in [0.717, 1.165) is 38.0 Å². The molecule has 1 fully saturated rings. The maximum absolute atomic E-state index is 11.0. The van der Waals surface area contributed by atoms with Gasteiger partial charge >= 0.3 is 13.0 Å². The van der Waals surface area contributed by atoms with Crippen molar-refractivity contribution in [2.45, 2.75) is 26.2 Å². The molecule has 0 bridgehead atoms. The molecule has 0 radical (unpaired) electrons. The second-order valence-electron chi connectivity index (χ2n) is 5.28. The lowest BCUT2D eigenvalue weighted by Gasteiger charge is -2.28. The lowest BCUT2D eigenvalue weighted by atomic mass is 9.89. The molecule has 1 aromatic heterocycles. The Labute approximate surface area is 119 Å². The minimum absolute atomic E-state index is 0.0869. The molecule has 0 atom stereocenters. The topological polar surface area (TPSA) is 88.4 Å². The summed E-state index contributed by atoms with van der Waals surface area (Å²) in [6.07, 6.45) is 3.26.